The van der Waals surface area contributed by atoms with Gasteiger partial charge in [-0.3, -0.25) is 9.67 Å². The number of aromatic nitrogens is 3. The van der Waals surface area contributed by atoms with E-state index in [1.54, 1.807) is 19.3 Å². The Kier molecular flexibility index (Phi) is 2.44. The van der Waals surface area contributed by atoms with Crippen molar-refractivity contribution in [3.63, 3.8) is 0 Å². The number of carboxylic acid groups (broad SMARTS) is 1. The van der Waals surface area contributed by atoms with E-state index in [4.69, 9.17) is 5.11 Å². The molecule has 2 aromatic heterocycles. The Morgan fingerprint density at radius 1 is 1.38 bits per heavy atom. The number of nitrogens with zero attached hydrogens (tertiary/aromatic N) is 3. The molecule has 0 fully saturated rings. The molecule has 0 amide bonds. The average Bonchev–Trinajstić information content (AvgIpc) is 2.61. The van der Waals surface area contributed by atoms with Crippen LogP contribution in [0.5, 0.6) is 0 Å². The minimum Gasteiger partial charge on any atom is -0.477 e. The van der Waals surface area contributed by atoms with Crippen LogP contribution in [-0.2, 0) is 7.05 Å². The monoisotopic (exact) mass is 217 g/mol. The van der Waals surface area contributed by atoms with Crippen LogP contribution in [0, 0.1) is 6.92 Å². The van der Waals surface area contributed by atoms with Gasteiger partial charge < -0.3 is 5.11 Å². The molecule has 0 saturated heterocycles. The van der Waals surface area contributed by atoms with Crippen molar-refractivity contribution in [1.29, 1.82) is 0 Å². The van der Waals surface area contributed by atoms with E-state index < -0.39 is 5.97 Å². The molecule has 0 spiro atoms. The van der Waals surface area contributed by atoms with E-state index in [1.165, 1.54) is 10.9 Å². The summed E-state index contributed by atoms with van der Waals surface area (Å²) in [5.41, 5.74) is 2.34. The minimum atomic E-state index is -1.00. The van der Waals surface area contributed by atoms with E-state index in [2.05, 4.69) is 10.1 Å². The highest BCUT2D eigenvalue weighted by Crippen LogP contribution is 2.21. The standard InChI is InChI=1S/C11H11N3O2/c1-7-3-4-9(12-5-7)8-6-13-14(2)10(8)11(15)16/h3-6H,1-2H3,(H,15,16). The second kappa shape index (κ2) is 3.77. The molecule has 0 bridgehead atoms. The molecule has 2 aromatic rings. The van der Waals surface area contributed by atoms with Crippen LogP contribution in [0.1, 0.15) is 16.1 Å². The normalized spacial score (nSPS) is 10.4. The van der Waals surface area contributed by atoms with Crippen LogP contribution < -0.4 is 0 Å². The van der Waals surface area contributed by atoms with Crippen molar-refractivity contribution in [2.75, 3.05) is 0 Å². The third kappa shape index (κ3) is 1.67. The molecule has 2 heterocycles. The summed E-state index contributed by atoms with van der Waals surface area (Å²) >= 11 is 0. The van der Waals surface area contributed by atoms with Crippen LogP contribution in [0.4, 0.5) is 0 Å². The molecule has 0 radical (unpaired) electrons. The first kappa shape index (κ1) is 10.4. The first-order valence-electron chi connectivity index (χ1n) is 4.78. The van der Waals surface area contributed by atoms with Crippen LogP contribution in [0.15, 0.2) is 24.5 Å². The molecule has 0 aliphatic heterocycles. The number of carbonyl (C=O) groups is 1. The van der Waals surface area contributed by atoms with Gasteiger partial charge in [-0.05, 0) is 18.6 Å². The molecule has 0 aromatic carbocycles. The van der Waals surface area contributed by atoms with Crippen molar-refractivity contribution >= 4 is 5.97 Å². The fourth-order valence-electron chi connectivity index (χ4n) is 1.51. The number of hydrogen-bond acceptors (Lipinski definition) is 3. The Hall–Kier alpha value is -2.17. The van der Waals surface area contributed by atoms with Crippen molar-refractivity contribution in [1.82, 2.24) is 14.8 Å². The Morgan fingerprint density at radius 2 is 2.12 bits per heavy atom. The molecular formula is C11H11N3O2. The minimum absolute atomic E-state index is 0.149. The van der Waals surface area contributed by atoms with Gasteiger partial charge in [-0.25, -0.2) is 4.79 Å². The molecule has 0 aliphatic rings. The van der Waals surface area contributed by atoms with E-state index in [1.807, 2.05) is 13.0 Å². The van der Waals surface area contributed by atoms with Gasteiger partial charge in [-0.15, -0.1) is 0 Å². The van der Waals surface area contributed by atoms with Gasteiger partial charge in [0.15, 0.2) is 5.69 Å². The van der Waals surface area contributed by atoms with E-state index in [-0.39, 0.29) is 5.69 Å². The molecule has 0 atom stereocenters. The molecule has 2 rings (SSSR count). The van der Waals surface area contributed by atoms with Gasteiger partial charge in [0.05, 0.1) is 17.5 Å². The first-order valence-corrected chi connectivity index (χ1v) is 4.78. The molecule has 0 saturated carbocycles. The zero-order valence-electron chi connectivity index (χ0n) is 9.01. The van der Waals surface area contributed by atoms with E-state index >= 15 is 0 Å². The number of rotatable bonds is 2. The largest absolute Gasteiger partial charge is 0.477 e. The zero-order chi connectivity index (χ0) is 11.7. The van der Waals surface area contributed by atoms with Crippen LogP contribution in [0.2, 0.25) is 0 Å². The van der Waals surface area contributed by atoms with Crippen LogP contribution in [-0.4, -0.2) is 25.8 Å². The summed E-state index contributed by atoms with van der Waals surface area (Å²) in [6, 6.07) is 3.68. The highest BCUT2D eigenvalue weighted by atomic mass is 16.4. The Labute approximate surface area is 92.4 Å². The number of carboxylic acids is 1. The van der Waals surface area contributed by atoms with Gasteiger partial charge in [0.2, 0.25) is 0 Å². The summed E-state index contributed by atoms with van der Waals surface area (Å²) in [4.78, 5) is 15.2. The molecule has 5 heteroatoms. The molecular weight excluding hydrogens is 206 g/mol. The van der Waals surface area contributed by atoms with Crippen molar-refractivity contribution in [3.05, 3.63) is 35.8 Å². The lowest BCUT2D eigenvalue weighted by molar-refractivity contribution is 0.0686. The summed E-state index contributed by atoms with van der Waals surface area (Å²) in [5.74, 6) is -1.00. The summed E-state index contributed by atoms with van der Waals surface area (Å²) in [5, 5.41) is 13.0. The van der Waals surface area contributed by atoms with Gasteiger partial charge in [-0.1, -0.05) is 6.07 Å². The maximum atomic E-state index is 11.1. The van der Waals surface area contributed by atoms with Crippen LogP contribution in [0.3, 0.4) is 0 Å². The van der Waals surface area contributed by atoms with Gasteiger partial charge >= 0.3 is 5.97 Å². The maximum absolute atomic E-state index is 11.1. The van der Waals surface area contributed by atoms with Gasteiger partial charge in [0.1, 0.15) is 0 Å². The van der Waals surface area contributed by atoms with Crippen molar-refractivity contribution in [3.8, 4) is 11.3 Å². The average molecular weight is 217 g/mol. The Morgan fingerprint density at radius 3 is 2.69 bits per heavy atom. The van der Waals surface area contributed by atoms with Crippen molar-refractivity contribution < 1.29 is 9.90 Å². The summed E-state index contributed by atoms with van der Waals surface area (Å²) in [6.07, 6.45) is 3.22. The lowest BCUT2D eigenvalue weighted by Crippen LogP contribution is -2.07. The van der Waals surface area contributed by atoms with Crippen LogP contribution in [0.25, 0.3) is 11.3 Å². The third-order valence-corrected chi connectivity index (χ3v) is 2.33. The van der Waals surface area contributed by atoms with Gasteiger partial charge in [0, 0.05) is 13.2 Å². The Balaban J connectivity index is 2.56. The molecule has 5 nitrogen and oxygen atoms in total. The lowest BCUT2D eigenvalue weighted by atomic mass is 10.1. The number of aromatic carboxylic acids is 1. The third-order valence-electron chi connectivity index (χ3n) is 2.33. The fraction of sp³-hybridized carbons (Fsp3) is 0.182. The quantitative estimate of drug-likeness (QED) is 0.827. The van der Waals surface area contributed by atoms with E-state index in [9.17, 15) is 4.79 Å². The van der Waals surface area contributed by atoms with Crippen LogP contribution >= 0.6 is 0 Å². The highest BCUT2D eigenvalue weighted by molar-refractivity contribution is 5.93. The fourth-order valence-corrected chi connectivity index (χ4v) is 1.51. The molecule has 1 N–H and O–H groups in total. The predicted octanol–water partition coefficient (Wildman–Crippen LogP) is 1.49. The summed E-state index contributed by atoms with van der Waals surface area (Å²) in [6.45, 7) is 1.93. The topological polar surface area (TPSA) is 68.0 Å². The lowest BCUT2D eigenvalue weighted by Gasteiger charge is -2.01. The van der Waals surface area contributed by atoms with Gasteiger partial charge in [-0.2, -0.15) is 5.10 Å². The smallest absolute Gasteiger partial charge is 0.354 e. The summed E-state index contributed by atoms with van der Waals surface area (Å²) < 4.78 is 1.33. The summed E-state index contributed by atoms with van der Waals surface area (Å²) in [7, 11) is 1.60. The van der Waals surface area contributed by atoms with Gasteiger partial charge in [0.25, 0.3) is 0 Å². The van der Waals surface area contributed by atoms with E-state index in [0.29, 0.717) is 11.3 Å². The number of hydrogen-bond donors (Lipinski definition) is 1. The van der Waals surface area contributed by atoms with E-state index in [0.717, 1.165) is 5.56 Å². The Bertz CT molecular complexity index is 529. The maximum Gasteiger partial charge on any atom is 0.354 e. The van der Waals surface area contributed by atoms with Crippen molar-refractivity contribution in [2.45, 2.75) is 6.92 Å². The number of pyridine rings is 1. The molecule has 0 unspecified atom stereocenters. The first-order chi connectivity index (χ1) is 7.59. The van der Waals surface area contributed by atoms with Crippen molar-refractivity contribution in [2.24, 2.45) is 7.05 Å². The molecule has 16 heavy (non-hydrogen) atoms. The second-order valence-corrected chi connectivity index (χ2v) is 3.56. The molecule has 82 valence electrons. The SMILES string of the molecule is Cc1ccc(-c2cnn(C)c2C(=O)O)nc1. The predicted molar refractivity (Wildman–Crippen MR) is 58.1 cm³/mol. The second-order valence-electron chi connectivity index (χ2n) is 3.56. The highest BCUT2D eigenvalue weighted by Gasteiger charge is 2.17. The molecule has 0 aliphatic carbocycles. The number of aryl methyl sites for hydroxylation is 2. The zero-order valence-corrected chi connectivity index (χ0v) is 9.01.